The van der Waals surface area contributed by atoms with Gasteiger partial charge in [0.05, 0.1) is 32.1 Å². The van der Waals surface area contributed by atoms with Crippen molar-refractivity contribution in [1.82, 2.24) is 24.5 Å². The van der Waals surface area contributed by atoms with Crippen LogP contribution in [0.3, 0.4) is 0 Å². The number of nitrogens with zero attached hydrogens (tertiary/aromatic N) is 4. The maximum Gasteiger partial charge on any atom is 0.197 e. The summed E-state index contributed by atoms with van der Waals surface area (Å²) in [6, 6.07) is 9.87. The molecule has 2 unspecified atom stereocenters. The molecule has 3 fully saturated rings. The average molecular weight is 472 g/mol. The van der Waals surface area contributed by atoms with E-state index in [9.17, 15) is 0 Å². The number of methoxy groups -OCH3 is 1. The summed E-state index contributed by atoms with van der Waals surface area (Å²) in [5.74, 6) is 3.45. The average Bonchev–Trinajstić information content (AvgIpc) is 3.57. The summed E-state index contributed by atoms with van der Waals surface area (Å²) in [5, 5.41) is 5.71. The number of pyridine rings is 1. The Morgan fingerprint density at radius 2 is 1.91 bits per heavy atom. The maximum atomic E-state index is 5.63. The third-order valence-corrected chi connectivity index (χ3v) is 8.68. The molecule has 5 heterocycles. The third-order valence-electron chi connectivity index (χ3n) is 8.68. The molecule has 1 aromatic carbocycles. The lowest BCUT2D eigenvalue weighted by Gasteiger charge is -2.35. The van der Waals surface area contributed by atoms with Crippen LogP contribution in [0.15, 0.2) is 36.8 Å². The number of hydrogen-bond donors (Lipinski definition) is 1. The van der Waals surface area contributed by atoms with Crippen LogP contribution >= 0.6 is 0 Å². The Morgan fingerprint density at radius 3 is 2.60 bits per heavy atom. The first-order valence-electron chi connectivity index (χ1n) is 12.9. The Hall–Kier alpha value is -2.90. The van der Waals surface area contributed by atoms with Crippen molar-refractivity contribution in [2.75, 3.05) is 33.4 Å². The lowest BCUT2D eigenvalue weighted by molar-refractivity contribution is -0.0594. The fourth-order valence-electron chi connectivity index (χ4n) is 6.83. The number of H-pyrrole nitrogens is 1. The van der Waals surface area contributed by atoms with Crippen LogP contribution in [0.2, 0.25) is 0 Å². The summed E-state index contributed by atoms with van der Waals surface area (Å²) in [7, 11) is 1.69. The van der Waals surface area contributed by atoms with E-state index in [-0.39, 0.29) is 0 Å². The number of benzene rings is 1. The zero-order valence-corrected chi connectivity index (χ0v) is 20.7. The van der Waals surface area contributed by atoms with Gasteiger partial charge in [-0.2, -0.15) is 5.10 Å². The number of aromatic amines is 1. The number of aromatic nitrogens is 4. The van der Waals surface area contributed by atoms with Crippen molar-refractivity contribution < 1.29 is 9.47 Å². The van der Waals surface area contributed by atoms with Gasteiger partial charge in [-0.3, -0.25) is 4.90 Å². The SMILES string of the molecule is COc1cc(-c2[nH]c3ccc(C4CC5CN(C6COC6)CC5C4)cc3c2C(C)C)cn2ncnc12. The predicted molar refractivity (Wildman–Crippen MR) is 136 cm³/mol. The molecule has 1 saturated carbocycles. The van der Waals surface area contributed by atoms with Gasteiger partial charge in [-0.1, -0.05) is 19.9 Å². The van der Waals surface area contributed by atoms with E-state index < -0.39 is 0 Å². The minimum atomic E-state index is 0.382. The molecule has 3 aliphatic rings. The van der Waals surface area contributed by atoms with Crippen molar-refractivity contribution in [3.8, 4) is 17.0 Å². The summed E-state index contributed by atoms with van der Waals surface area (Å²) in [5.41, 5.74) is 7.00. The van der Waals surface area contributed by atoms with Crippen molar-refractivity contribution in [2.24, 2.45) is 11.8 Å². The molecule has 182 valence electrons. The summed E-state index contributed by atoms with van der Waals surface area (Å²) in [4.78, 5) is 10.7. The van der Waals surface area contributed by atoms with Crippen LogP contribution in [-0.2, 0) is 4.74 Å². The highest BCUT2D eigenvalue weighted by atomic mass is 16.5. The number of nitrogens with one attached hydrogen (secondary N) is 1. The zero-order chi connectivity index (χ0) is 23.7. The Morgan fingerprint density at radius 1 is 1.11 bits per heavy atom. The Labute approximate surface area is 205 Å². The molecule has 0 amide bonds. The third kappa shape index (κ3) is 3.39. The first-order valence-corrected chi connectivity index (χ1v) is 12.9. The second kappa shape index (κ2) is 8.07. The molecule has 7 heteroatoms. The summed E-state index contributed by atoms with van der Waals surface area (Å²) in [6.45, 7) is 8.95. The molecule has 1 aliphatic carbocycles. The number of hydrogen-bond acceptors (Lipinski definition) is 5. The van der Waals surface area contributed by atoms with Crippen molar-refractivity contribution in [2.45, 2.75) is 44.6 Å². The van der Waals surface area contributed by atoms with Crippen LogP contribution in [0.5, 0.6) is 5.75 Å². The van der Waals surface area contributed by atoms with E-state index in [1.54, 1.807) is 18.0 Å². The first-order chi connectivity index (χ1) is 17.1. The van der Waals surface area contributed by atoms with Gasteiger partial charge in [0.2, 0.25) is 0 Å². The van der Waals surface area contributed by atoms with Gasteiger partial charge in [-0.15, -0.1) is 0 Å². The molecule has 7 rings (SSSR count). The normalized spacial score (nSPS) is 25.1. The predicted octanol–water partition coefficient (Wildman–Crippen LogP) is 4.83. The standard InChI is InChI=1S/C28H33N5O2/c1-16(2)26-23-8-17(18-6-19-10-32(11-20(19)7-18)22-13-35-14-22)4-5-24(23)31-27(26)21-9-25(34-3)28-29-15-30-33(28)12-21/h4-5,8-9,12,15-16,18-20,22,31H,6-7,10-11,13-14H2,1-3H3. The summed E-state index contributed by atoms with van der Waals surface area (Å²) < 4.78 is 12.9. The minimum Gasteiger partial charge on any atom is -0.493 e. The molecule has 0 radical (unpaired) electrons. The number of rotatable bonds is 5. The monoisotopic (exact) mass is 471 g/mol. The van der Waals surface area contributed by atoms with Crippen LogP contribution in [0.1, 0.15) is 49.7 Å². The topological polar surface area (TPSA) is 67.7 Å². The van der Waals surface area contributed by atoms with Crippen molar-refractivity contribution in [3.05, 3.63) is 47.9 Å². The number of ether oxygens (including phenoxy) is 2. The quantitative estimate of drug-likeness (QED) is 0.451. The van der Waals surface area contributed by atoms with Crippen molar-refractivity contribution in [1.29, 1.82) is 0 Å². The fraction of sp³-hybridized carbons (Fsp3) is 0.500. The van der Waals surface area contributed by atoms with Crippen LogP contribution in [0.25, 0.3) is 27.8 Å². The largest absolute Gasteiger partial charge is 0.493 e. The van der Waals surface area contributed by atoms with E-state index in [0.717, 1.165) is 47.7 Å². The van der Waals surface area contributed by atoms with E-state index in [2.05, 4.69) is 58.1 Å². The molecule has 35 heavy (non-hydrogen) atoms. The maximum absolute atomic E-state index is 5.63. The van der Waals surface area contributed by atoms with Crippen molar-refractivity contribution >= 4 is 16.6 Å². The number of likely N-dealkylation sites (tertiary alicyclic amines) is 1. The molecule has 2 atom stereocenters. The first kappa shape index (κ1) is 21.4. The van der Waals surface area contributed by atoms with Gasteiger partial charge >= 0.3 is 0 Å². The highest BCUT2D eigenvalue weighted by Gasteiger charge is 2.44. The van der Waals surface area contributed by atoms with Gasteiger partial charge in [0.15, 0.2) is 11.4 Å². The van der Waals surface area contributed by atoms with E-state index in [0.29, 0.717) is 17.9 Å². The van der Waals surface area contributed by atoms with Gasteiger partial charge in [0.1, 0.15) is 6.33 Å². The molecular weight excluding hydrogens is 438 g/mol. The zero-order valence-electron chi connectivity index (χ0n) is 20.7. The molecule has 7 nitrogen and oxygen atoms in total. The molecule has 2 saturated heterocycles. The van der Waals surface area contributed by atoms with E-state index in [1.807, 2.05) is 6.20 Å². The smallest absolute Gasteiger partial charge is 0.197 e. The molecule has 2 aliphatic heterocycles. The Balaban J connectivity index is 1.23. The summed E-state index contributed by atoms with van der Waals surface area (Å²) in [6.07, 6.45) is 6.24. The highest BCUT2D eigenvalue weighted by molar-refractivity contribution is 5.92. The van der Waals surface area contributed by atoms with Crippen molar-refractivity contribution in [3.63, 3.8) is 0 Å². The van der Waals surface area contributed by atoms with Gasteiger partial charge in [0, 0.05) is 35.8 Å². The van der Waals surface area contributed by atoms with Gasteiger partial charge in [-0.25, -0.2) is 9.50 Å². The summed E-state index contributed by atoms with van der Waals surface area (Å²) >= 11 is 0. The lowest BCUT2D eigenvalue weighted by atomic mass is 9.91. The van der Waals surface area contributed by atoms with E-state index in [4.69, 9.17) is 9.47 Å². The molecular formula is C28H33N5O2. The van der Waals surface area contributed by atoms with E-state index >= 15 is 0 Å². The molecule has 3 aromatic heterocycles. The van der Waals surface area contributed by atoms with Crippen LogP contribution in [0, 0.1) is 11.8 Å². The Kier molecular flexibility index (Phi) is 4.93. The van der Waals surface area contributed by atoms with Crippen LogP contribution < -0.4 is 4.74 Å². The van der Waals surface area contributed by atoms with Gasteiger partial charge in [-0.05, 0) is 65.8 Å². The minimum absolute atomic E-state index is 0.382. The fourth-order valence-corrected chi connectivity index (χ4v) is 6.83. The number of fused-ring (bicyclic) bond motifs is 3. The molecule has 0 bridgehead atoms. The van der Waals surface area contributed by atoms with Crippen LogP contribution in [-0.4, -0.2) is 63.9 Å². The van der Waals surface area contributed by atoms with Gasteiger partial charge < -0.3 is 14.5 Å². The Bertz CT molecular complexity index is 1390. The molecule has 0 spiro atoms. The molecule has 4 aromatic rings. The molecule has 1 N–H and O–H groups in total. The van der Waals surface area contributed by atoms with Crippen LogP contribution in [0.4, 0.5) is 0 Å². The van der Waals surface area contributed by atoms with E-state index in [1.165, 1.54) is 48.0 Å². The second-order valence-electron chi connectivity index (χ2n) is 11.0. The lowest BCUT2D eigenvalue weighted by Crippen LogP contribution is -2.48. The second-order valence-corrected chi connectivity index (χ2v) is 11.0. The van der Waals surface area contributed by atoms with Gasteiger partial charge in [0.25, 0.3) is 0 Å². The highest BCUT2D eigenvalue weighted by Crippen LogP contribution is 2.48.